The first-order valence-corrected chi connectivity index (χ1v) is 9.32. The van der Waals surface area contributed by atoms with Crippen molar-refractivity contribution in [1.82, 2.24) is 10.2 Å². The monoisotopic (exact) mass is 346 g/mol. The second-order valence-corrected chi connectivity index (χ2v) is 6.95. The lowest BCUT2D eigenvalue weighted by Crippen LogP contribution is -2.41. The van der Waals surface area contributed by atoms with Crippen LogP contribution in [0.4, 0.5) is 0 Å². The van der Waals surface area contributed by atoms with Crippen LogP contribution < -0.4 is 5.32 Å². The Hall–Kier alpha value is -1.88. The van der Waals surface area contributed by atoms with Gasteiger partial charge in [0.1, 0.15) is 0 Å². The molecule has 25 heavy (non-hydrogen) atoms. The Labute approximate surface area is 150 Å². The van der Waals surface area contributed by atoms with Crippen LogP contribution in [0.5, 0.6) is 0 Å². The highest BCUT2D eigenvalue weighted by Gasteiger charge is 2.47. The molecule has 0 radical (unpaired) electrons. The summed E-state index contributed by atoms with van der Waals surface area (Å²) in [5.41, 5.74) is 0.334. The standard InChI is InChI=1S/C20H30N2O3/c1-2-3-12-21-18(24)15-20(16-23)11-14-22(19(20)25)13-7-10-17-8-5-4-6-9-17/h4-6,8-9,23H,2-3,7,10-16H2,1H3,(H,21,24). The summed E-state index contributed by atoms with van der Waals surface area (Å²) in [5, 5.41) is 12.6. The predicted molar refractivity (Wildman–Crippen MR) is 98.0 cm³/mol. The molecule has 0 saturated carbocycles. The maximum absolute atomic E-state index is 12.8. The lowest BCUT2D eigenvalue weighted by Gasteiger charge is -2.25. The minimum Gasteiger partial charge on any atom is -0.395 e. The summed E-state index contributed by atoms with van der Waals surface area (Å²) < 4.78 is 0. The third-order valence-electron chi connectivity index (χ3n) is 4.99. The van der Waals surface area contributed by atoms with E-state index in [-0.39, 0.29) is 24.8 Å². The van der Waals surface area contributed by atoms with Crippen molar-refractivity contribution >= 4 is 11.8 Å². The van der Waals surface area contributed by atoms with E-state index in [2.05, 4.69) is 24.4 Å². The SMILES string of the molecule is CCCCNC(=O)CC1(CO)CCN(CCCc2ccccc2)C1=O. The van der Waals surface area contributed by atoms with Gasteiger partial charge in [0.25, 0.3) is 0 Å². The normalized spacial score (nSPS) is 20.1. The molecule has 0 spiro atoms. The van der Waals surface area contributed by atoms with Crippen LogP contribution in [0.25, 0.3) is 0 Å². The zero-order valence-corrected chi connectivity index (χ0v) is 15.2. The molecule has 1 atom stereocenters. The molecule has 1 fully saturated rings. The highest BCUT2D eigenvalue weighted by Crippen LogP contribution is 2.35. The lowest BCUT2D eigenvalue weighted by molar-refractivity contribution is -0.142. The average Bonchev–Trinajstić information content (AvgIpc) is 2.93. The maximum atomic E-state index is 12.8. The topological polar surface area (TPSA) is 69.6 Å². The molecule has 1 aliphatic heterocycles. The fourth-order valence-electron chi connectivity index (χ4n) is 3.37. The van der Waals surface area contributed by atoms with E-state index in [1.807, 2.05) is 18.2 Å². The molecule has 1 aromatic carbocycles. The summed E-state index contributed by atoms with van der Waals surface area (Å²) in [7, 11) is 0. The van der Waals surface area contributed by atoms with Gasteiger partial charge in [0.05, 0.1) is 12.0 Å². The molecule has 1 aliphatic rings. The Morgan fingerprint density at radius 1 is 1.28 bits per heavy atom. The number of nitrogens with one attached hydrogen (secondary N) is 1. The summed E-state index contributed by atoms with van der Waals surface area (Å²) in [6.07, 6.45) is 4.39. The number of carbonyl (C=O) groups excluding carboxylic acids is 2. The largest absolute Gasteiger partial charge is 0.395 e. The molecule has 1 unspecified atom stereocenters. The van der Waals surface area contributed by atoms with E-state index in [1.165, 1.54) is 5.56 Å². The first-order valence-electron chi connectivity index (χ1n) is 9.32. The van der Waals surface area contributed by atoms with Gasteiger partial charge in [0, 0.05) is 26.1 Å². The smallest absolute Gasteiger partial charge is 0.231 e. The minimum absolute atomic E-state index is 0.0753. The van der Waals surface area contributed by atoms with Crippen molar-refractivity contribution in [2.45, 2.75) is 45.4 Å². The molecular weight excluding hydrogens is 316 g/mol. The van der Waals surface area contributed by atoms with Gasteiger partial charge >= 0.3 is 0 Å². The third-order valence-corrected chi connectivity index (χ3v) is 4.99. The van der Waals surface area contributed by atoms with Crippen molar-refractivity contribution in [2.24, 2.45) is 5.41 Å². The molecule has 0 aliphatic carbocycles. The van der Waals surface area contributed by atoms with Crippen molar-refractivity contribution in [3.63, 3.8) is 0 Å². The van der Waals surface area contributed by atoms with Crippen molar-refractivity contribution in [3.05, 3.63) is 35.9 Å². The summed E-state index contributed by atoms with van der Waals surface area (Å²) >= 11 is 0. The van der Waals surface area contributed by atoms with E-state index in [9.17, 15) is 14.7 Å². The molecule has 5 heteroatoms. The van der Waals surface area contributed by atoms with Crippen LogP contribution in [0.1, 0.15) is 44.6 Å². The van der Waals surface area contributed by atoms with Crippen LogP contribution in [0.3, 0.4) is 0 Å². The van der Waals surface area contributed by atoms with Gasteiger partial charge in [0.2, 0.25) is 11.8 Å². The Balaban J connectivity index is 1.83. The van der Waals surface area contributed by atoms with Crippen LogP contribution in [0, 0.1) is 5.41 Å². The molecule has 1 aromatic rings. The molecule has 1 heterocycles. The van der Waals surface area contributed by atoms with E-state index in [1.54, 1.807) is 4.90 Å². The van der Waals surface area contributed by atoms with E-state index >= 15 is 0 Å². The van der Waals surface area contributed by atoms with Crippen LogP contribution in [0.2, 0.25) is 0 Å². The molecule has 0 bridgehead atoms. The fourth-order valence-corrected chi connectivity index (χ4v) is 3.37. The van der Waals surface area contributed by atoms with Gasteiger partial charge in [-0.1, -0.05) is 43.7 Å². The highest BCUT2D eigenvalue weighted by molar-refractivity contribution is 5.90. The van der Waals surface area contributed by atoms with Crippen LogP contribution in [0.15, 0.2) is 30.3 Å². The number of amides is 2. The number of nitrogens with zero attached hydrogens (tertiary/aromatic N) is 1. The maximum Gasteiger partial charge on any atom is 0.231 e. The van der Waals surface area contributed by atoms with Gasteiger partial charge in [-0.15, -0.1) is 0 Å². The van der Waals surface area contributed by atoms with Gasteiger partial charge in [-0.25, -0.2) is 0 Å². The Morgan fingerprint density at radius 2 is 2.04 bits per heavy atom. The highest BCUT2D eigenvalue weighted by atomic mass is 16.3. The number of benzene rings is 1. The number of likely N-dealkylation sites (tertiary alicyclic amines) is 1. The second kappa shape index (κ2) is 9.56. The van der Waals surface area contributed by atoms with Gasteiger partial charge in [-0.05, 0) is 31.2 Å². The van der Waals surface area contributed by atoms with E-state index in [0.29, 0.717) is 26.1 Å². The average molecular weight is 346 g/mol. The molecule has 138 valence electrons. The fraction of sp³-hybridized carbons (Fsp3) is 0.600. The van der Waals surface area contributed by atoms with E-state index < -0.39 is 5.41 Å². The Morgan fingerprint density at radius 3 is 2.72 bits per heavy atom. The predicted octanol–water partition coefficient (Wildman–Crippen LogP) is 2.14. The molecule has 0 aromatic heterocycles. The first kappa shape index (κ1) is 19.4. The van der Waals surface area contributed by atoms with Crippen LogP contribution in [-0.2, 0) is 16.0 Å². The lowest BCUT2D eigenvalue weighted by atomic mass is 9.83. The van der Waals surface area contributed by atoms with Crippen LogP contribution >= 0.6 is 0 Å². The quantitative estimate of drug-likeness (QED) is 0.638. The number of carbonyl (C=O) groups is 2. The second-order valence-electron chi connectivity index (χ2n) is 6.95. The minimum atomic E-state index is -0.928. The Bertz CT molecular complexity index is 561. The number of rotatable bonds is 10. The molecule has 1 saturated heterocycles. The number of hydrogen-bond acceptors (Lipinski definition) is 3. The van der Waals surface area contributed by atoms with E-state index in [4.69, 9.17) is 0 Å². The van der Waals surface area contributed by atoms with Crippen molar-refractivity contribution in [1.29, 1.82) is 0 Å². The molecule has 2 rings (SSSR count). The van der Waals surface area contributed by atoms with Crippen LogP contribution in [-0.4, -0.2) is 48.1 Å². The summed E-state index contributed by atoms with van der Waals surface area (Å²) in [6.45, 7) is 3.73. The van der Waals surface area contributed by atoms with Gasteiger partial charge in [-0.2, -0.15) is 0 Å². The van der Waals surface area contributed by atoms with E-state index in [0.717, 1.165) is 25.7 Å². The number of aliphatic hydroxyl groups is 1. The number of unbranched alkanes of at least 4 members (excludes halogenated alkanes) is 1. The molecule has 5 nitrogen and oxygen atoms in total. The first-order chi connectivity index (χ1) is 12.1. The van der Waals surface area contributed by atoms with Crippen molar-refractivity contribution in [2.75, 3.05) is 26.2 Å². The number of aliphatic hydroxyl groups excluding tert-OH is 1. The van der Waals surface area contributed by atoms with Gasteiger partial charge in [-0.3, -0.25) is 9.59 Å². The zero-order chi connectivity index (χ0) is 18.1. The van der Waals surface area contributed by atoms with Crippen molar-refractivity contribution < 1.29 is 14.7 Å². The third kappa shape index (κ3) is 5.30. The summed E-state index contributed by atoms with van der Waals surface area (Å²) in [6, 6.07) is 10.2. The summed E-state index contributed by atoms with van der Waals surface area (Å²) in [4.78, 5) is 26.7. The van der Waals surface area contributed by atoms with Crippen molar-refractivity contribution in [3.8, 4) is 0 Å². The Kier molecular flexibility index (Phi) is 7.44. The van der Waals surface area contributed by atoms with Gasteiger partial charge in [0.15, 0.2) is 0 Å². The van der Waals surface area contributed by atoms with Gasteiger partial charge < -0.3 is 15.3 Å². The molecular formula is C20H30N2O3. The number of hydrogen-bond donors (Lipinski definition) is 2. The summed E-state index contributed by atoms with van der Waals surface area (Å²) in [5.74, 6) is -0.212. The molecule has 2 amide bonds. The molecule has 2 N–H and O–H groups in total. The number of aryl methyl sites for hydroxylation is 1. The zero-order valence-electron chi connectivity index (χ0n) is 15.2.